The number of thioether (sulfide) groups is 1. The van der Waals surface area contributed by atoms with Crippen LogP contribution in [0.25, 0.3) is 5.57 Å². The second-order valence-electron chi connectivity index (χ2n) is 6.10. The van der Waals surface area contributed by atoms with Crippen molar-refractivity contribution >= 4 is 57.8 Å². The molecule has 1 amide bonds. The first-order valence-electron chi connectivity index (χ1n) is 8.66. The zero-order valence-electron chi connectivity index (χ0n) is 15.3. The number of carbonyl (C=O) groups excluding carboxylic acids is 2. The summed E-state index contributed by atoms with van der Waals surface area (Å²) in [6.07, 6.45) is 0.0502. The van der Waals surface area contributed by atoms with Gasteiger partial charge >= 0.3 is 12.1 Å². The van der Waals surface area contributed by atoms with Gasteiger partial charge < -0.3 is 10.1 Å². The molecule has 1 aromatic heterocycles. The largest absolute Gasteiger partial charge is 0.452 e. The number of alkyl halides is 3. The predicted octanol–water partition coefficient (Wildman–Crippen LogP) is 6.01. The van der Waals surface area contributed by atoms with Gasteiger partial charge in [-0.1, -0.05) is 23.7 Å². The summed E-state index contributed by atoms with van der Waals surface area (Å²) in [6.45, 7) is -0.666. The minimum absolute atomic E-state index is 0.0629. The minimum atomic E-state index is -4.58. The third kappa shape index (κ3) is 5.90. The highest BCUT2D eigenvalue weighted by atomic mass is 35.5. The van der Waals surface area contributed by atoms with E-state index < -0.39 is 30.2 Å². The Kier molecular flexibility index (Phi) is 7.27. The molecule has 10 heteroatoms. The molecule has 158 valence electrons. The van der Waals surface area contributed by atoms with Crippen molar-refractivity contribution in [3.8, 4) is 0 Å². The number of hydrogen-bond donors (Lipinski definition) is 1. The number of thiophene rings is 1. The van der Waals surface area contributed by atoms with E-state index in [0.717, 1.165) is 35.3 Å². The minimum Gasteiger partial charge on any atom is -0.452 e. The maximum absolute atomic E-state index is 12.8. The van der Waals surface area contributed by atoms with Crippen molar-refractivity contribution in [1.29, 1.82) is 0 Å². The molecule has 0 fully saturated rings. The van der Waals surface area contributed by atoms with Gasteiger partial charge in [-0.2, -0.15) is 13.2 Å². The van der Waals surface area contributed by atoms with Crippen LogP contribution in [0.3, 0.4) is 0 Å². The fourth-order valence-electron chi connectivity index (χ4n) is 2.53. The Labute approximate surface area is 183 Å². The Morgan fingerprint density at radius 3 is 2.70 bits per heavy atom. The van der Waals surface area contributed by atoms with Crippen LogP contribution in [0.4, 0.5) is 18.9 Å². The molecule has 1 aliphatic rings. The SMILES string of the molecule is O=C(COC(=O)/C(=C/C1=CCCS1)c1cccs1)Nc1cc(C(F)(F)F)ccc1Cl. The molecule has 0 aliphatic carbocycles. The summed E-state index contributed by atoms with van der Waals surface area (Å²) in [7, 11) is 0. The van der Waals surface area contributed by atoms with Crippen LogP contribution in [-0.2, 0) is 20.5 Å². The summed E-state index contributed by atoms with van der Waals surface area (Å²) in [5, 5.41) is 4.00. The molecule has 0 saturated heterocycles. The number of halogens is 4. The van der Waals surface area contributed by atoms with E-state index in [9.17, 15) is 22.8 Å². The molecule has 1 aliphatic heterocycles. The van der Waals surface area contributed by atoms with Crippen LogP contribution < -0.4 is 5.32 Å². The average Bonchev–Trinajstić information content (AvgIpc) is 3.39. The van der Waals surface area contributed by atoms with E-state index in [0.29, 0.717) is 10.5 Å². The Hall–Kier alpha value is -2.23. The molecule has 4 nitrogen and oxygen atoms in total. The lowest BCUT2D eigenvalue weighted by Gasteiger charge is -2.12. The number of rotatable bonds is 6. The van der Waals surface area contributed by atoms with Gasteiger partial charge in [0, 0.05) is 15.5 Å². The number of ether oxygens (including phenoxy) is 1. The topological polar surface area (TPSA) is 55.4 Å². The average molecular weight is 474 g/mol. The first-order chi connectivity index (χ1) is 14.2. The van der Waals surface area contributed by atoms with Crippen LogP contribution in [0.5, 0.6) is 0 Å². The van der Waals surface area contributed by atoms with Gasteiger partial charge in [0.1, 0.15) is 0 Å². The maximum atomic E-state index is 12.8. The Morgan fingerprint density at radius 1 is 1.27 bits per heavy atom. The van der Waals surface area contributed by atoms with Crippen LogP contribution >= 0.6 is 34.7 Å². The van der Waals surface area contributed by atoms with Gasteiger partial charge in [-0.25, -0.2) is 4.79 Å². The van der Waals surface area contributed by atoms with Crippen LogP contribution in [0.1, 0.15) is 16.9 Å². The number of esters is 1. The van der Waals surface area contributed by atoms with Gasteiger partial charge in [0.25, 0.3) is 5.91 Å². The number of carbonyl (C=O) groups is 2. The molecular formula is C20H15ClF3NO3S2. The first-order valence-corrected chi connectivity index (χ1v) is 10.9. The van der Waals surface area contributed by atoms with Crippen molar-refractivity contribution in [2.75, 3.05) is 17.7 Å². The first kappa shape index (κ1) is 22.5. The van der Waals surface area contributed by atoms with E-state index in [1.165, 1.54) is 11.3 Å². The van der Waals surface area contributed by atoms with Gasteiger partial charge in [-0.15, -0.1) is 23.1 Å². The van der Waals surface area contributed by atoms with Gasteiger partial charge in [-0.05, 0) is 42.1 Å². The predicted molar refractivity (Wildman–Crippen MR) is 113 cm³/mol. The molecule has 2 heterocycles. The summed E-state index contributed by atoms with van der Waals surface area (Å²) in [6, 6.07) is 6.13. The van der Waals surface area contributed by atoms with Crippen molar-refractivity contribution < 1.29 is 27.5 Å². The summed E-state index contributed by atoms with van der Waals surface area (Å²) in [4.78, 5) is 26.3. The molecule has 1 N–H and O–H groups in total. The Balaban J connectivity index is 1.67. The number of amides is 1. The molecule has 1 aromatic carbocycles. The summed E-state index contributed by atoms with van der Waals surface area (Å²) >= 11 is 8.83. The lowest BCUT2D eigenvalue weighted by Crippen LogP contribution is -2.21. The Bertz CT molecular complexity index is 1000. The number of allylic oxidation sites excluding steroid dienone is 2. The summed E-state index contributed by atoms with van der Waals surface area (Å²) < 4.78 is 43.6. The summed E-state index contributed by atoms with van der Waals surface area (Å²) in [5.41, 5.74) is -0.853. The molecule has 30 heavy (non-hydrogen) atoms. The third-order valence-electron chi connectivity index (χ3n) is 3.93. The molecule has 0 radical (unpaired) electrons. The smallest absolute Gasteiger partial charge is 0.416 e. The Morgan fingerprint density at radius 2 is 2.07 bits per heavy atom. The lowest BCUT2D eigenvalue weighted by atomic mass is 10.2. The molecule has 0 saturated carbocycles. The molecule has 3 rings (SSSR count). The van der Waals surface area contributed by atoms with Gasteiger partial charge in [0.05, 0.1) is 21.8 Å². The fourth-order valence-corrected chi connectivity index (χ4v) is 4.34. The van der Waals surface area contributed by atoms with Gasteiger partial charge in [0.15, 0.2) is 6.61 Å². The number of benzene rings is 1. The number of anilines is 1. The van der Waals surface area contributed by atoms with Crippen molar-refractivity contribution in [3.63, 3.8) is 0 Å². The second-order valence-corrected chi connectivity index (χ2v) is 8.62. The zero-order chi connectivity index (χ0) is 21.7. The maximum Gasteiger partial charge on any atom is 0.416 e. The van der Waals surface area contributed by atoms with Gasteiger partial charge in [0.2, 0.25) is 0 Å². The molecule has 2 aromatic rings. The molecule has 0 atom stereocenters. The molecule has 0 unspecified atom stereocenters. The zero-order valence-corrected chi connectivity index (χ0v) is 17.7. The highest BCUT2D eigenvalue weighted by molar-refractivity contribution is 8.03. The fraction of sp³-hybridized carbons (Fsp3) is 0.200. The highest BCUT2D eigenvalue weighted by Crippen LogP contribution is 2.34. The van der Waals surface area contributed by atoms with Crippen molar-refractivity contribution in [1.82, 2.24) is 0 Å². The normalized spacial score (nSPS) is 14.4. The molecule has 0 spiro atoms. The van der Waals surface area contributed by atoms with Crippen LogP contribution in [0.2, 0.25) is 5.02 Å². The van der Waals surface area contributed by atoms with Crippen LogP contribution in [0, 0.1) is 0 Å². The highest BCUT2D eigenvalue weighted by Gasteiger charge is 2.31. The van der Waals surface area contributed by atoms with Crippen molar-refractivity contribution in [3.05, 3.63) is 68.2 Å². The van der Waals surface area contributed by atoms with E-state index in [1.54, 1.807) is 30.0 Å². The van der Waals surface area contributed by atoms with E-state index in [4.69, 9.17) is 16.3 Å². The second kappa shape index (κ2) is 9.72. The quantitative estimate of drug-likeness (QED) is 0.412. The van der Waals surface area contributed by atoms with E-state index >= 15 is 0 Å². The lowest BCUT2D eigenvalue weighted by molar-refractivity contribution is -0.141. The van der Waals surface area contributed by atoms with Crippen LogP contribution in [-0.4, -0.2) is 24.2 Å². The molecule has 0 bridgehead atoms. The summed E-state index contributed by atoms with van der Waals surface area (Å²) in [5.74, 6) is -0.570. The van der Waals surface area contributed by atoms with Gasteiger partial charge in [-0.3, -0.25) is 4.79 Å². The van der Waals surface area contributed by atoms with Crippen LogP contribution in [0.15, 0.2) is 52.8 Å². The van der Waals surface area contributed by atoms with Crippen molar-refractivity contribution in [2.45, 2.75) is 12.6 Å². The molecular weight excluding hydrogens is 459 g/mol. The van der Waals surface area contributed by atoms with E-state index in [1.807, 2.05) is 11.5 Å². The third-order valence-corrected chi connectivity index (χ3v) is 6.22. The standard InChI is InChI=1S/C20H15ClF3NO3S2/c21-15-6-5-12(20(22,23)24)9-16(15)25-18(26)11-28-19(27)14(17-4-2-8-30-17)10-13-3-1-7-29-13/h2-6,8-10H,1,7,11H2,(H,25,26)/b14-10+. The van der Waals surface area contributed by atoms with E-state index in [-0.39, 0.29) is 10.7 Å². The van der Waals surface area contributed by atoms with E-state index in [2.05, 4.69) is 5.32 Å². The number of nitrogens with one attached hydrogen (secondary N) is 1. The van der Waals surface area contributed by atoms with Crippen molar-refractivity contribution in [2.24, 2.45) is 0 Å². The monoisotopic (exact) mass is 473 g/mol. The number of hydrogen-bond acceptors (Lipinski definition) is 5.